The molecule has 88 valence electrons. The lowest BCUT2D eigenvalue weighted by Crippen LogP contribution is -2.00. The van der Waals surface area contributed by atoms with Crippen LogP contribution in [0.1, 0.15) is 5.56 Å². The van der Waals surface area contributed by atoms with Crippen molar-refractivity contribution in [2.24, 2.45) is 0 Å². The summed E-state index contributed by atoms with van der Waals surface area (Å²) in [4.78, 5) is 8.64. The molecule has 0 unspecified atom stereocenters. The molecule has 0 spiro atoms. The normalized spacial score (nSPS) is 10.2. The smallest absolute Gasteiger partial charge is 0.152 e. The molecule has 0 aliphatic rings. The quantitative estimate of drug-likeness (QED) is 0.874. The Balaban J connectivity index is 2.52. The van der Waals surface area contributed by atoms with E-state index >= 15 is 0 Å². The number of rotatable bonds is 4. The third-order valence-electron chi connectivity index (χ3n) is 2.51. The summed E-state index contributed by atoms with van der Waals surface area (Å²) < 4.78 is 5.19. The predicted molar refractivity (Wildman–Crippen MR) is 67.7 cm³/mol. The van der Waals surface area contributed by atoms with E-state index in [2.05, 4.69) is 15.3 Å². The summed E-state index contributed by atoms with van der Waals surface area (Å²) >= 11 is 0. The summed E-state index contributed by atoms with van der Waals surface area (Å²) in [6.45, 7) is 0.565. The van der Waals surface area contributed by atoms with E-state index in [1.807, 2.05) is 31.3 Å². The third kappa shape index (κ3) is 2.42. The zero-order valence-corrected chi connectivity index (χ0v) is 9.97. The number of ether oxygens (including phenoxy) is 1. The molecule has 0 aliphatic heterocycles. The van der Waals surface area contributed by atoms with Crippen molar-refractivity contribution >= 4 is 5.82 Å². The van der Waals surface area contributed by atoms with Gasteiger partial charge in [-0.2, -0.15) is 0 Å². The van der Waals surface area contributed by atoms with Crippen LogP contribution in [0.15, 0.2) is 36.7 Å². The topological polar surface area (TPSA) is 47.0 Å². The number of nitrogens with zero attached hydrogens (tertiary/aromatic N) is 2. The molecule has 0 amide bonds. The molecule has 0 saturated carbocycles. The zero-order chi connectivity index (χ0) is 12.1. The molecule has 17 heavy (non-hydrogen) atoms. The predicted octanol–water partition coefficient (Wildman–Crippen LogP) is 2.33. The monoisotopic (exact) mass is 229 g/mol. The van der Waals surface area contributed by atoms with Gasteiger partial charge in [0.25, 0.3) is 0 Å². The summed E-state index contributed by atoms with van der Waals surface area (Å²) in [5.74, 6) is 0.774. The largest absolute Gasteiger partial charge is 0.380 e. The van der Waals surface area contributed by atoms with Crippen molar-refractivity contribution in [3.05, 3.63) is 42.2 Å². The van der Waals surface area contributed by atoms with Crippen LogP contribution in [0.5, 0.6) is 0 Å². The van der Waals surface area contributed by atoms with Gasteiger partial charge in [-0.1, -0.05) is 24.3 Å². The van der Waals surface area contributed by atoms with E-state index in [0.717, 1.165) is 22.6 Å². The molecule has 0 bridgehead atoms. The second kappa shape index (κ2) is 5.41. The van der Waals surface area contributed by atoms with Crippen molar-refractivity contribution in [2.75, 3.05) is 19.5 Å². The van der Waals surface area contributed by atoms with Gasteiger partial charge in [-0.3, -0.25) is 4.98 Å². The van der Waals surface area contributed by atoms with Gasteiger partial charge in [-0.15, -0.1) is 0 Å². The maximum atomic E-state index is 5.19. The van der Waals surface area contributed by atoms with Gasteiger partial charge in [0.1, 0.15) is 5.69 Å². The highest BCUT2D eigenvalue weighted by Gasteiger charge is 2.10. The lowest BCUT2D eigenvalue weighted by atomic mass is 10.0. The molecule has 4 heteroatoms. The van der Waals surface area contributed by atoms with Crippen molar-refractivity contribution in [2.45, 2.75) is 6.61 Å². The lowest BCUT2D eigenvalue weighted by Gasteiger charge is -2.10. The van der Waals surface area contributed by atoms with E-state index in [4.69, 9.17) is 4.74 Å². The summed E-state index contributed by atoms with van der Waals surface area (Å²) in [5, 5.41) is 3.05. The number of aromatic nitrogens is 2. The van der Waals surface area contributed by atoms with E-state index in [1.54, 1.807) is 19.5 Å². The highest BCUT2D eigenvalue weighted by molar-refractivity contribution is 5.73. The Hall–Kier alpha value is -1.94. The Bertz CT molecular complexity index is 500. The van der Waals surface area contributed by atoms with Crippen molar-refractivity contribution in [3.8, 4) is 11.3 Å². The standard InChI is InChI=1S/C13H15N3O/c1-14-13-12(15-7-8-16-13)11-6-4-3-5-10(11)9-17-2/h3-8H,9H2,1-2H3,(H,14,16). The first-order valence-corrected chi connectivity index (χ1v) is 5.42. The van der Waals surface area contributed by atoms with Crippen LogP contribution in [0.2, 0.25) is 0 Å². The Morgan fingerprint density at radius 1 is 1.18 bits per heavy atom. The first kappa shape index (κ1) is 11.5. The molecular weight excluding hydrogens is 214 g/mol. The van der Waals surface area contributed by atoms with Gasteiger partial charge in [0.2, 0.25) is 0 Å². The molecule has 2 rings (SSSR count). The first-order valence-electron chi connectivity index (χ1n) is 5.42. The number of nitrogens with one attached hydrogen (secondary N) is 1. The van der Waals surface area contributed by atoms with E-state index in [1.165, 1.54) is 0 Å². The Kier molecular flexibility index (Phi) is 3.67. The molecule has 2 aromatic rings. The SMILES string of the molecule is CNc1nccnc1-c1ccccc1COC. The molecule has 1 heterocycles. The number of benzene rings is 1. The lowest BCUT2D eigenvalue weighted by molar-refractivity contribution is 0.185. The molecule has 0 fully saturated rings. The Morgan fingerprint density at radius 2 is 1.94 bits per heavy atom. The molecule has 0 radical (unpaired) electrons. The summed E-state index contributed by atoms with van der Waals surface area (Å²) in [7, 11) is 3.53. The first-order chi connectivity index (χ1) is 8.36. The van der Waals surface area contributed by atoms with E-state index in [9.17, 15) is 0 Å². The second-order valence-electron chi connectivity index (χ2n) is 3.59. The zero-order valence-electron chi connectivity index (χ0n) is 9.97. The van der Waals surface area contributed by atoms with Gasteiger partial charge in [-0.25, -0.2) is 4.98 Å². The summed E-state index contributed by atoms with van der Waals surface area (Å²) in [6.07, 6.45) is 3.37. The second-order valence-corrected chi connectivity index (χ2v) is 3.59. The molecule has 4 nitrogen and oxygen atoms in total. The van der Waals surface area contributed by atoms with Crippen LogP contribution in [0, 0.1) is 0 Å². The fourth-order valence-electron chi connectivity index (χ4n) is 1.75. The molecular formula is C13H15N3O. The minimum absolute atomic E-state index is 0.565. The van der Waals surface area contributed by atoms with Gasteiger partial charge in [-0.05, 0) is 5.56 Å². The number of anilines is 1. The van der Waals surface area contributed by atoms with Crippen LogP contribution in [-0.2, 0) is 11.3 Å². The van der Waals surface area contributed by atoms with Gasteiger partial charge < -0.3 is 10.1 Å². The maximum absolute atomic E-state index is 5.19. The molecule has 1 N–H and O–H groups in total. The molecule has 1 aromatic carbocycles. The highest BCUT2D eigenvalue weighted by atomic mass is 16.5. The van der Waals surface area contributed by atoms with Gasteiger partial charge >= 0.3 is 0 Å². The Labute approximate surface area is 101 Å². The molecule has 0 saturated heterocycles. The third-order valence-corrected chi connectivity index (χ3v) is 2.51. The van der Waals surface area contributed by atoms with Crippen LogP contribution in [0.4, 0.5) is 5.82 Å². The molecule has 0 atom stereocenters. The summed E-state index contributed by atoms with van der Waals surface area (Å²) in [6, 6.07) is 8.04. The minimum atomic E-state index is 0.565. The van der Waals surface area contributed by atoms with E-state index < -0.39 is 0 Å². The number of hydrogen-bond acceptors (Lipinski definition) is 4. The van der Waals surface area contributed by atoms with Crippen LogP contribution >= 0.6 is 0 Å². The van der Waals surface area contributed by atoms with Crippen LogP contribution in [0.25, 0.3) is 11.3 Å². The fourth-order valence-corrected chi connectivity index (χ4v) is 1.75. The number of hydrogen-bond donors (Lipinski definition) is 1. The average molecular weight is 229 g/mol. The Morgan fingerprint density at radius 3 is 2.71 bits per heavy atom. The van der Waals surface area contributed by atoms with Crippen molar-refractivity contribution in [3.63, 3.8) is 0 Å². The molecule has 0 aliphatic carbocycles. The fraction of sp³-hybridized carbons (Fsp3) is 0.231. The minimum Gasteiger partial charge on any atom is -0.380 e. The van der Waals surface area contributed by atoms with Gasteiger partial charge in [0.15, 0.2) is 5.82 Å². The highest BCUT2D eigenvalue weighted by Crippen LogP contribution is 2.26. The van der Waals surface area contributed by atoms with Crippen LogP contribution < -0.4 is 5.32 Å². The summed E-state index contributed by atoms with van der Waals surface area (Å²) in [5.41, 5.74) is 3.00. The van der Waals surface area contributed by atoms with Gasteiger partial charge in [0.05, 0.1) is 6.61 Å². The van der Waals surface area contributed by atoms with Crippen molar-refractivity contribution < 1.29 is 4.74 Å². The van der Waals surface area contributed by atoms with Crippen LogP contribution in [-0.4, -0.2) is 24.1 Å². The van der Waals surface area contributed by atoms with Crippen LogP contribution in [0.3, 0.4) is 0 Å². The molecule has 1 aromatic heterocycles. The van der Waals surface area contributed by atoms with Gasteiger partial charge in [0, 0.05) is 32.1 Å². The maximum Gasteiger partial charge on any atom is 0.152 e. The number of methoxy groups -OCH3 is 1. The van der Waals surface area contributed by atoms with E-state index in [0.29, 0.717) is 6.61 Å². The average Bonchev–Trinajstić information content (AvgIpc) is 2.40. The van der Waals surface area contributed by atoms with E-state index in [-0.39, 0.29) is 0 Å². The van der Waals surface area contributed by atoms with Crippen molar-refractivity contribution in [1.82, 2.24) is 9.97 Å². The van der Waals surface area contributed by atoms with Crippen molar-refractivity contribution in [1.29, 1.82) is 0 Å².